The van der Waals surface area contributed by atoms with Crippen molar-refractivity contribution in [2.24, 2.45) is 0 Å². The summed E-state index contributed by atoms with van der Waals surface area (Å²) in [7, 11) is 0. The van der Waals surface area contributed by atoms with Gasteiger partial charge < -0.3 is 15.7 Å². The standard InChI is InChI=1S/C28H46N2O3/c1-9-28(8,25(33)29-20-13-11-10-12-14-20)30-23(31)16-15-19-17-21(26(2,3)4)24(32)22(18-19)27(5,6)7/h17-18,20,32H,9-16H2,1-8H3,(H,29,33)(H,30,31). The van der Waals surface area contributed by atoms with Crippen molar-refractivity contribution in [2.75, 3.05) is 0 Å². The second-order valence-electron chi connectivity index (χ2n) is 12.1. The van der Waals surface area contributed by atoms with E-state index in [1.807, 2.05) is 26.0 Å². The normalized spacial score (nSPS) is 17.3. The monoisotopic (exact) mass is 458 g/mol. The van der Waals surface area contributed by atoms with Gasteiger partial charge in [-0.2, -0.15) is 0 Å². The molecular weight excluding hydrogens is 412 g/mol. The lowest BCUT2D eigenvalue weighted by Gasteiger charge is -2.32. The predicted octanol–water partition coefficient (Wildman–Crippen LogP) is 5.65. The Bertz CT molecular complexity index is 807. The van der Waals surface area contributed by atoms with Gasteiger partial charge in [0.15, 0.2) is 0 Å². The highest BCUT2D eigenvalue weighted by Crippen LogP contribution is 2.40. The number of carbonyl (C=O) groups excluding carboxylic acids is 2. The minimum atomic E-state index is -0.906. The van der Waals surface area contributed by atoms with Gasteiger partial charge in [0.05, 0.1) is 0 Å². The lowest BCUT2D eigenvalue weighted by Crippen LogP contribution is -2.58. The fraction of sp³-hybridized carbons (Fsp3) is 0.714. The molecule has 0 saturated heterocycles. The van der Waals surface area contributed by atoms with E-state index in [0.717, 1.165) is 42.4 Å². The molecule has 2 rings (SSSR count). The van der Waals surface area contributed by atoms with Gasteiger partial charge in [0, 0.05) is 12.5 Å². The molecule has 186 valence electrons. The Morgan fingerprint density at radius 3 is 1.91 bits per heavy atom. The highest BCUT2D eigenvalue weighted by atomic mass is 16.3. The summed E-state index contributed by atoms with van der Waals surface area (Å²) in [5, 5.41) is 17.1. The Morgan fingerprint density at radius 1 is 0.939 bits per heavy atom. The van der Waals surface area contributed by atoms with Gasteiger partial charge in [-0.1, -0.05) is 79.9 Å². The van der Waals surface area contributed by atoms with Crippen molar-refractivity contribution in [3.63, 3.8) is 0 Å². The zero-order valence-electron chi connectivity index (χ0n) is 22.2. The molecule has 1 aliphatic rings. The van der Waals surface area contributed by atoms with Crippen molar-refractivity contribution < 1.29 is 14.7 Å². The van der Waals surface area contributed by atoms with Gasteiger partial charge >= 0.3 is 0 Å². The van der Waals surface area contributed by atoms with Crippen molar-refractivity contribution in [1.82, 2.24) is 10.6 Å². The first kappa shape index (κ1) is 27.2. The fourth-order valence-electron chi connectivity index (χ4n) is 4.51. The highest BCUT2D eigenvalue weighted by Gasteiger charge is 2.34. The molecule has 1 aromatic carbocycles. The summed E-state index contributed by atoms with van der Waals surface area (Å²) >= 11 is 0. The third-order valence-corrected chi connectivity index (χ3v) is 6.99. The Hall–Kier alpha value is -2.04. The summed E-state index contributed by atoms with van der Waals surface area (Å²) in [5.74, 6) is 0.141. The zero-order chi connectivity index (χ0) is 25.0. The Kier molecular flexibility index (Phi) is 8.64. The first-order valence-corrected chi connectivity index (χ1v) is 12.7. The van der Waals surface area contributed by atoms with Gasteiger partial charge in [0.25, 0.3) is 0 Å². The SMILES string of the molecule is CCC(C)(NC(=O)CCc1cc(C(C)(C)C)c(O)c(C(C)(C)C)c1)C(=O)NC1CCCCC1. The average Bonchev–Trinajstić information content (AvgIpc) is 2.71. The van der Waals surface area contributed by atoms with Crippen LogP contribution in [0.1, 0.15) is 117 Å². The molecule has 1 saturated carbocycles. The number of rotatable bonds is 7. The van der Waals surface area contributed by atoms with Crippen LogP contribution in [0.3, 0.4) is 0 Å². The van der Waals surface area contributed by atoms with Crippen LogP contribution in [0.15, 0.2) is 12.1 Å². The summed E-state index contributed by atoms with van der Waals surface area (Å²) in [4.78, 5) is 25.8. The molecule has 33 heavy (non-hydrogen) atoms. The number of aryl methyl sites for hydroxylation is 1. The summed E-state index contributed by atoms with van der Waals surface area (Å²) in [6, 6.07) is 4.26. The summed E-state index contributed by atoms with van der Waals surface area (Å²) in [5.41, 5.74) is 1.51. The Balaban J connectivity index is 2.11. The first-order valence-electron chi connectivity index (χ1n) is 12.7. The lowest BCUT2D eigenvalue weighted by atomic mass is 9.78. The number of amides is 2. The maximum Gasteiger partial charge on any atom is 0.245 e. The molecule has 5 heteroatoms. The zero-order valence-corrected chi connectivity index (χ0v) is 22.2. The molecular formula is C28H46N2O3. The molecule has 0 heterocycles. The van der Waals surface area contributed by atoms with E-state index in [1.54, 1.807) is 0 Å². The van der Waals surface area contributed by atoms with Gasteiger partial charge in [0.1, 0.15) is 11.3 Å². The summed E-state index contributed by atoms with van der Waals surface area (Å²) in [6.45, 7) is 16.3. The minimum Gasteiger partial charge on any atom is -0.507 e. The van der Waals surface area contributed by atoms with Gasteiger partial charge in [-0.05, 0) is 60.1 Å². The number of hydrogen-bond donors (Lipinski definition) is 3. The predicted molar refractivity (Wildman–Crippen MR) is 136 cm³/mol. The van der Waals surface area contributed by atoms with Crippen molar-refractivity contribution in [1.29, 1.82) is 0 Å². The Labute approximate surface area is 201 Å². The molecule has 2 amide bonds. The maximum atomic E-state index is 13.0. The van der Waals surface area contributed by atoms with E-state index in [0.29, 0.717) is 25.0 Å². The van der Waals surface area contributed by atoms with E-state index >= 15 is 0 Å². The molecule has 0 spiro atoms. The number of benzene rings is 1. The second-order valence-corrected chi connectivity index (χ2v) is 12.1. The maximum absolute atomic E-state index is 13.0. The van der Waals surface area contributed by atoms with E-state index < -0.39 is 5.54 Å². The van der Waals surface area contributed by atoms with E-state index in [2.05, 4.69) is 52.2 Å². The molecule has 0 radical (unpaired) electrons. The smallest absolute Gasteiger partial charge is 0.245 e. The van der Waals surface area contributed by atoms with Crippen LogP contribution in [0.25, 0.3) is 0 Å². The van der Waals surface area contributed by atoms with Gasteiger partial charge in [-0.15, -0.1) is 0 Å². The van der Waals surface area contributed by atoms with Crippen LogP contribution in [0.2, 0.25) is 0 Å². The third kappa shape index (κ3) is 7.22. The highest BCUT2D eigenvalue weighted by molar-refractivity contribution is 5.91. The van der Waals surface area contributed by atoms with Crippen LogP contribution >= 0.6 is 0 Å². The summed E-state index contributed by atoms with van der Waals surface area (Å²) in [6.07, 6.45) is 6.98. The van der Waals surface area contributed by atoms with Crippen LogP contribution in [0.5, 0.6) is 5.75 Å². The molecule has 1 aromatic rings. The van der Waals surface area contributed by atoms with Crippen LogP contribution in [0.4, 0.5) is 0 Å². The van der Waals surface area contributed by atoms with Crippen molar-refractivity contribution >= 4 is 11.8 Å². The van der Waals surface area contributed by atoms with Crippen LogP contribution in [-0.4, -0.2) is 28.5 Å². The number of nitrogens with one attached hydrogen (secondary N) is 2. The van der Waals surface area contributed by atoms with E-state index in [1.165, 1.54) is 6.42 Å². The third-order valence-electron chi connectivity index (χ3n) is 6.99. The fourth-order valence-corrected chi connectivity index (χ4v) is 4.51. The van der Waals surface area contributed by atoms with Gasteiger partial charge in [-0.25, -0.2) is 0 Å². The molecule has 3 N–H and O–H groups in total. The molecule has 1 unspecified atom stereocenters. The van der Waals surface area contributed by atoms with Gasteiger partial charge in [0.2, 0.25) is 11.8 Å². The second kappa shape index (κ2) is 10.5. The van der Waals surface area contributed by atoms with Gasteiger partial charge in [-0.3, -0.25) is 9.59 Å². The van der Waals surface area contributed by atoms with Crippen LogP contribution < -0.4 is 10.6 Å². The average molecular weight is 459 g/mol. The number of phenolic OH excluding ortho intramolecular Hbond substituents is 1. The number of carbonyl (C=O) groups is 2. The number of phenols is 1. The van der Waals surface area contributed by atoms with E-state index in [-0.39, 0.29) is 28.7 Å². The summed E-state index contributed by atoms with van der Waals surface area (Å²) < 4.78 is 0. The molecule has 1 atom stereocenters. The van der Waals surface area contributed by atoms with E-state index in [9.17, 15) is 14.7 Å². The van der Waals surface area contributed by atoms with Crippen molar-refractivity contribution in [3.8, 4) is 5.75 Å². The number of aromatic hydroxyl groups is 1. The molecule has 1 aliphatic carbocycles. The lowest BCUT2D eigenvalue weighted by molar-refractivity contribution is -0.133. The Morgan fingerprint density at radius 2 is 1.45 bits per heavy atom. The molecule has 0 bridgehead atoms. The van der Waals surface area contributed by atoms with Crippen molar-refractivity contribution in [2.45, 2.75) is 129 Å². The van der Waals surface area contributed by atoms with Crippen molar-refractivity contribution in [3.05, 3.63) is 28.8 Å². The number of hydrogen-bond acceptors (Lipinski definition) is 3. The minimum absolute atomic E-state index is 0.0834. The quantitative estimate of drug-likeness (QED) is 0.494. The van der Waals surface area contributed by atoms with Crippen LogP contribution in [0, 0.1) is 0 Å². The van der Waals surface area contributed by atoms with Crippen LogP contribution in [-0.2, 0) is 26.8 Å². The topological polar surface area (TPSA) is 78.4 Å². The largest absolute Gasteiger partial charge is 0.507 e. The van der Waals surface area contributed by atoms with E-state index in [4.69, 9.17) is 0 Å². The molecule has 0 aliphatic heterocycles. The first-order chi connectivity index (χ1) is 15.2. The molecule has 5 nitrogen and oxygen atoms in total. The molecule has 0 aromatic heterocycles. The molecule has 1 fully saturated rings.